The Morgan fingerprint density at radius 2 is 1.90 bits per heavy atom. The largest absolute Gasteiger partial charge is 0.480 e. The molecule has 2 rings (SSSR count). The number of rotatable bonds is 7. The molecule has 5 heteroatoms. The molecule has 1 aliphatic heterocycles. The molecule has 1 saturated heterocycles. The molecule has 120 valence electrons. The monoisotopic (exact) mass is 297 g/mol. The van der Waals surface area contributed by atoms with Crippen molar-refractivity contribution in [3.05, 3.63) is 0 Å². The van der Waals surface area contributed by atoms with Gasteiger partial charge in [-0.1, -0.05) is 32.1 Å². The van der Waals surface area contributed by atoms with Crippen LogP contribution in [-0.4, -0.2) is 47.2 Å². The fourth-order valence-corrected chi connectivity index (χ4v) is 3.44. The minimum atomic E-state index is -0.964. The van der Waals surface area contributed by atoms with Crippen LogP contribution >= 0.6 is 0 Å². The van der Waals surface area contributed by atoms with Gasteiger partial charge in [-0.25, -0.2) is 4.79 Å². The van der Waals surface area contributed by atoms with E-state index in [1.165, 1.54) is 38.5 Å². The van der Waals surface area contributed by atoms with Crippen molar-refractivity contribution in [2.24, 2.45) is 5.92 Å². The molecule has 2 aliphatic rings. The molecular weight excluding hydrogens is 270 g/mol. The zero-order chi connectivity index (χ0) is 15.3. The van der Waals surface area contributed by atoms with Gasteiger partial charge in [-0.15, -0.1) is 0 Å². The quantitative estimate of drug-likeness (QED) is 0.784. The van der Waals surface area contributed by atoms with E-state index in [1.54, 1.807) is 4.90 Å². The van der Waals surface area contributed by atoms with Crippen molar-refractivity contribution in [3.8, 4) is 0 Å². The van der Waals surface area contributed by atoms with Crippen LogP contribution in [0.2, 0.25) is 0 Å². The van der Waals surface area contributed by atoms with Gasteiger partial charge in [0.1, 0.15) is 12.2 Å². The molecule has 0 bridgehead atoms. The van der Waals surface area contributed by atoms with E-state index in [4.69, 9.17) is 9.84 Å². The lowest BCUT2D eigenvalue weighted by Gasteiger charge is -2.47. The summed E-state index contributed by atoms with van der Waals surface area (Å²) in [5, 5.41) is 8.61. The summed E-state index contributed by atoms with van der Waals surface area (Å²) in [4.78, 5) is 24.3. The van der Waals surface area contributed by atoms with Crippen LogP contribution in [0.1, 0.15) is 58.3 Å². The van der Waals surface area contributed by atoms with E-state index in [-0.39, 0.29) is 12.5 Å². The van der Waals surface area contributed by atoms with Gasteiger partial charge in [-0.2, -0.15) is 0 Å². The van der Waals surface area contributed by atoms with Crippen LogP contribution in [-0.2, 0) is 14.3 Å². The van der Waals surface area contributed by atoms with Gasteiger partial charge in [0, 0.05) is 6.42 Å². The lowest BCUT2D eigenvalue weighted by molar-refractivity contribution is -0.173. The number of nitrogens with zero attached hydrogens (tertiary/aromatic N) is 1. The maximum absolute atomic E-state index is 12.0. The predicted octanol–water partition coefficient (Wildman–Crippen LogP) is 2.44. The van der Waals surface area contributed by atoms with E-state index in [1.807, 2.05) is 6.92 Å². The van der Waals surface area contributed by atoms with E-state index in [0.717, 1.165) is 12.3 Å². The molecule has 1 saturated carbocycles. The molecule has 2 fully saturated rings. The molecule has 0 spiro atoms. The van der Waals surface area contributed by atoms with Gasteiger partial charge < -0.3 is 14.7 Å². The number of carboxylic acids is 1. The molecule has 21 heavy (non-hydrogen) atoms. The van der Waals surface area contributed by atoms with Crippen LogP contribution in [0, 0.1) is 5.92 Å². The van der Waals surface area contributed by atoms with Crippen molar-refractivity contribution in [2.45, 2.75) is 63.9 Å². The summed E-state index contributed by atoms with van der Waals surface area (Å²) in [6, 6.07) is 0. The highest BCUT2D eigenvalue weighted by molar-refractivity contribution is 5.77. The molecule has 0 aromatic heterocycles. The molecule has 5 nitrogen and oxygen atoms in total. The fraction of sp³-hybridized carbons (Fsp3) is 0.875. The number of carbonyl (C=O) groups is 2. The highest BCUT2D eigenvalue weighted by Gasteiger charge is 2.42. The maximum atomic E-state index is 12.0. The Balaban J connectivity index is 1.59. The number of hydrogen-bond acceptors (Lipinski definition) is 3. The highest BCUT2D eigenvalue weighted by Crippen LogP contribution is 2.29. The third kappa shape index (κ3) is 4.99. The standard InChI is InChI=1S/C16H27NO4/c1-16(21-10-15(19)20)11-17(12-16)14(18)9-5-8-13-6-3-2-4-7-13/h13H,2-12H2,1H3,(H,19,20). The van der Waals surface area contributed by atoms with E-state index in [2.05, 4.69) is 0 Å². The smallest absolute Gasteiger partial charge is 0.329 e. The zero-order valence-electron chi connectivity index (χ0n) is 13.0. The molecule has 1 amide bonds. The molecule has 0 unspecified atom stereocenters. The summed E-state index contributed by atoms with van der Waals surface area (Å²) in [6.07, 6.45) is 9.51. The third-order valence-electron chi connectivity index (χ3n) is 4.68. The molecule has 0 aromatic carbocycles. The first-order valence-electron chi connectivity index (χ1n) is 8.12. The molecule has 1 N–H and O–H groups in total. The number of carbonyl (C=O) groups excluding carboxylic acids is 1. The second-order valence-electron chi connectivity index (χ2n) is 6.78. The Hall–Kier alpha value is -1.10. The number of amides is 1. The van der Waals surface area contributed by atoms with Crippen molar-refractivity contribution in [1.82, 2.24) is 4.90 Å². The Bertz CT molecular complexity index is 370. The Morgan fingerprint density at radius 3 is 2.52 bits per heavy atom. The summed E-state index contributed by atoms with van der Waals surface area (Å²) in [6.45, 7) is 2.60. The van der Waals surface area contributed by atoms with E-state index < -0.39 is 11.6 Å². The predicted molar refractivity (Wildman–Crippen MR) is 79.0 cm³/mol. The van der Waals surface area contributed by atoms with Crippen molar-refractivity contribution < 1.29 is 19.4 Å². The van der Waals surface area contributed by atoms with Crippen molar-refractivity contribution in [1.29, 1.82) is 0 Å². The summed E-state index contributed by atoms with van der Waals surface area (Å²) >= 11 is 0. The van der Waals surface area contributed by atoms with Crippen LogP contribution in [0.3, 0.4) is 0 Å². The van der Waals surface area contributed by atoms with Crippen molar-refractivity contribution in [2.75, 3.05) is 19.7 Å². The highest BCUT2D eigenvalue weighted by atomic mass is 16.5. The Labute approximate surface area is 126 Å². The Morgan fingerprint density at radius 1 is 1.24 bits per heavy atom. The SMILES string of the molecule is CC1(OCC(=O)O)CN(C(=O)CCCC2CCCCC2)C1. The van der Waals surface area contributed by atoms with Gasteiger partial charge in [0.2, 0.25) is 5.91 Å². The summed E-state index contributed by atoms with van der Waals surface area (Å²) < 4.78 is 5.31. The normalized spacial score (nSPS) is 21.9. The second-order valence-corrected chi connectivity index (χ2v) is 6.78. The number of carboxylic acid groups (broad SMARTS) is 1. The molecule has 1 heterocycles. The van der Waals surface area contributed by atoms with Crippen LogP contribution in [0.4, 0.5) is 0 Å². The lowest BCUT2D eigenvalue weighted by atomic mass is 9.85. The minimum absolute atomic E-state index is 0.183. The number of ether oxygens (including phenoxy) is 1. The van der Waals surface area contributed by atoms with Crippen LogP contribution < -0.4 is 0 Å². The number of aliphatic carboxylic acids is 1. The van der Waals surface area contributed by atoms with Crippen LogP contribution in [0.5, 0.6) is 0 Å². The van der Waals surface area contributed by atoms with Gasteiger partial charge in [0.25, 0.3) is 0 Å². The van der Waals surface area contributed by atoms with Gasteiger partial charge in [-0.3, -0.25) is 4.79 Å². The van der Waals surface area contributed by atoms with E-state index >= 15 is 0 Å². The third-order valence-corrected chi connectivity index (χ3v) is 4.68. The molecule has 0 aromatic rings. The van der Waals surface area contributed by atoms with Crippen LogP contribution in [0.15, 0.2) is 0 Å². The maximum Gasteiger partial charge on any atom is 0.329 e. The lowest BCUT2D eigenvalue weighted by Crippen LogP contribution is -2.63. The second kappa shape index (κ2) is 7.25. The molecule has 0 atom stereocenters. The van der Waals surface area contributed by atoms with Gasteiger partial charge in [-0.05, 0) is 25.7 Å². The summed E-state index contributed by atoms with van der Waals surface area (Å²) in [5.41, 5.74) is -0.475. The number of hydrogen-bond donors (Lipinski definition) is 1. The van der Waals surface area contributed by atoms with Crippen molar-refractivity contribution >= 4 is 11.9 Å². The topological polar surface area (TPSA) is 66.8 Å². The molecular formula is C16H27NO4. The van der Waals surface area contributed by atoms with Gasteiger partial charge in [0.15, 0.2) is 0 Å². The first kappa shape index (κ1) is 16.3. The summed E-state index contributed by atoms with van der Waals surface area (Å²) in [7, 11) is 0. The average Bonchev–Trinajstić information content (AvgIpc) is 2.43. The fourth-order valence-electron chi connectivity index (χ4n) is 3.44. The van der Waals surface area contributed by atoms with E-state index in [9.17, 15) is 9.59 Å². The van der Waals surface area contributed by atoms with E-state index in [0.29, 0.717) is 19.5 Å². The van der Waals surface area contributed by atoms with Crippen molar-refractivity contribution in [3.63, 3.8) is 0 Å². The molecule has 0 radical (unpaired) electrons. The zero-order valence-corrected chi connectivity index (χ0v) is 13.0. The minimum Gasteiger partial charge on any atom is -0.480 e. The van der Waals surface area contributed by atoms with Crippen LogP contribution in [0.25, 0.3) is 0 Å². The number of likely N-dealkylation sites (tertiary alicyclic amines) is 1. The average molecular weight is 297 g/mol. The molecule has 1 aliphatic carbocycles. The summed E-state index contributed by atoms with van der Waals surface area (Å²) in [5.74, 6) is 0.0443. The first-order valence-corrected chi connectivity index (χ1v) is 8.12. The first-order chi connectivity index (χ1) is 9.98. The Kier molecular flexibility index (Phi) is 5.62. The van der Waals surface area contributed by atoms with Gasteiger partial charge in [0.05, 0.1) is 13.1 Å². The van der Waals surface area contributed by atoms with Gasteiger partial charge >= 0.3 is 5.97 Å².